The summed E-state index contributed by atoms with van der Waals surface area (Å²) < 4.78 is 0. The highest BCUT2D eigenvalue weighted by molar-refractivity contribution is 5.78. The van der Waals surface area contributed by atoms with Crippen LogP contribution >= 0.6 is 0 Å². The largest absolute Gasteiger partial charge is 0.355 e. The van der Waals surface area contributed by atoms with E-state index in [1.165, 1.54) is 11.1 Å². The molecule has 3 heteroatoms. The summed E-state index contributed by atoms with van der Waals surface area (Å²) in [5.41, 5.74) is 3.49. The number of carbonyl (C=O) groups is 1. The molecule has 0 atom stereocenters. The van der Waals surface area contributed by atoms with Crippen molar-refractivity contribution < 1.29 is 4.79 Å². The van der Waals surface area contributed by atoms with E-state index in [9.17, 15) is 4.79 Å². The quantitative estimate of drug-likeness (QED) is 0.732. The molecule has 88 valence electrons. The van der Waals surface area contributed by atoms with Crippen molar-refractivity contribution in [3.8, 4) is 0 Å². The van der Waals surface area contributed by atoms with Crippen molar-refractivity contribution in [1.29, 1.82) is 0 Å². The summed E-state index contributed by atoms with van der Waals surface area (Å²) in [7, 11) is 1.87. The summed E-state index contributed by atoms with van der Waals surface area (Å²) in [4.78, 5) is 11.6. The molecule has 1 aromatic rings. The fourth-order valence-electron chi connectivity index (χ4n) is 1.55. The van der Waals surface area contributed by atoms with Crippen molar-refractivity contribution in [2.75, 3.05) is 20.1 Å². The van der Waals surface area contributed by atoms with Gasteiger partial charge < -0.3 is 10.6 Å². The smallest absolute Gasteiger partial charge is 0.224 e. The Morgan fingerprint density at radius 2 is 2.00 bits per heavy atom. The Hall–Kier alpha value is -1.35. The van der Waals surface area contributed by atoms with Crippen LogP contribution in [0, 0.1) is 13.8 Å². The molecule has 1 rings (SSSR count). The molecule has 0 saturated heterocycles. The molecule has 0 radical (unpaired) electrons. The number of likely N-dealkylation sites (N-methyl/N-ethyl adjacent to an activating group) is 1. The average molecular weight is 220 g/mol. The fraction of sp³-hybridized carbons (Fsp3) is 0.462. The predicted octanol–water partition coefficient (Wildman–Crippen LogP) is 1.18. The van der Waals surface area contributed by atoms with Crippen LogP contribution in [0.15, 0.2) is 18.2 Å². The van der Waals surface area contributed by atoms with Gasteiger partial charge in [-0.05, 0) is 32.0 Å². The SMILES string of the molecule is CNCCNC(=O)Cc1cc(C)ccc1C. The van der Waals surface area contributed by atoms with E-state index in [-0.39, 0.29) is 5.91 Å². The molecule has 0 bridgehead atoms. The van der Waals surface area contributed by atoms with Gasteiger partial charge >= 0.3 is 0 Å². The summed E-state index contributed by atoms with van der Waals surface area (Å²) in [6, 6.07) is 6.20. The van der Waals surface area contributed by atoms with Gasteiger partial charge in [0.1, 0.15) is 0 Å². The predicted molar refractivity (Wildman–Crippen MR) is 66.6 cm³/mol. The molecule has 0 spiro atoms. The molecule has 0 heterocycles. The molecule has 0 aliphatic rings. The minimum absolute atomic E-state index is 0.0870. The zero-order valence-corrected chi connectivity index (χ0v) is 10.3. The van der Waals surface area contributed by atoms with E-state index < -0.39 is 0 Å². The lowest BCUT2D eigenvalue weighted by Crippen LogP contribution is -2.31. The van der Waals surface area contributed by atoms with Crippen LogP contribution in [0.4, 0.5) is 0 Å². The van der Waals surface area contributed by atoms with Crippen molar-refractivity contribution in [2.24, 2.45) is 0 Å². The first kappa shape index (κ1) is 12.7. The van der Waals surface area contributed by atoms with Crippen LogP contribution in [0.1, 0.15) is 16.7 Å². The van der Waals surface area contributed by atoms with Crippen LogP contribution < -0.4 is 10.6 Å². The van der Waals surface area contributed by atoms with Gasteiger partial charge in [-0.25, -0.2) is 0 Å². The number of hydrogen-bond donors (Lipinski definition) is 2. The lowest BCUT2D eigenvalue weighted by atomic mass is 10.0. The van der Waals surface area contributed by atoms with Crippen LogP contribution in [0.2, 0.25) is 0 Å². The maximum Gasteiger partial charge on any atom is 0.224 e. The van der Waals surface area contributed by atoms with Crippen LogP contribution in [-0.4, -0.2) is 26.0 Å². The standard InChI is InChI=1S/C13H20N2O/c1-10-4-5-11(2)12(8-10)9-13(16)15-7-6-14-3/h4-5,8,14H,6-7,9H2,1-3H3,(H,15,16). The van der Waals surface area contributed by atoms with E-state index in [2.05, 4.69) is 28.8 Å². The molecule has 0 saturated carbocycles. The highest BCUT2D eigenvalue weighted by atomic mass is 16.1. The number of benzene rings is 1. The third-order valence-corrected chi connectivity index (χ3v) is 2.55. The molecule has 0 aromatic heterocycles. The summed E-state index contributed by atoms with van der Waals surface area (Å²) in [5, 5.41) is 5.87. The number of rotatable bonds is 5. The lowest BCUT2D eigenvalue weighted by Gasteiger charge is -2.08. The van der Waals surface area contributed by atoms with Gasteiger partial charge in [0.2, 0.25) is 5.91 Å². The summed E-state index contributed by atoms with van der Waals surface area (Å²) in [6.07, 6.45) is 0.469. The zero-order chi connectivity index (χ0) is 12.0. The zero-order valence-electron chi connectivity index (χ0n) is 10.3. The highest BCUT2D eigenvalue weighted by Crippen LogP contribution is 2.11. The average Bonchev–Trinajstić information content (AvgIpc) is 2.24. The van der Waals surface area contributed by atoms with E-state index in [0.29, 0.717) is 13.0 Å². The lowest BCUT2D eigenvalue weighted by molar-refractivity contribution is -0.120. The monoisotopic (exact) mass is 220 g/mol. The third-order valence-electron chi connectivity index (χ3n) is 2.55. The first-order chi connectivity index (χ1) is 7.63. The third kappa shape index (κ3) is 4.03. The molecule has 16 heavy (non-hydrogen) atoms. The van der Waals surface area contributed by atoms with Gasteiger partial charge in [0, 0.05) is 13.1 Å². The van der Waals surface area contributed by atoms with Gasteiger partial charge in [0.25, 0.3) is 0 Å². The number of carbonyl (C=O) groups excluding carboxylic acids is 1. The molecule has 2 N–H and O–H groups in total. The minimum atomic E-state index is 0.0870. The Bertz CT molecular complexity index is 361. The maximum absolute atomic E-state index is 11.6. The first-order valence-corrected chi connectivity index (χ1v) is 5.61. The summed E-state index contributed by atoms with van der Waals surface area (Å²) >= 11 is 0. The molecule has 1 amide bonds. The van der Waals surface area contributed by atoms with E-state index in [1.807, 2.05) is 20.9 Å². The van der Waals surface area contributed by atoms with Crippen LogP contribution in [0.3, 0.4) is 0 Å². The number of aryl methyl sites for hydroxylation is 2. The molecule has 0 fully saturated rings. The molecule has 0 aliphatic heterocycles. The second-order valence-corrected chi connectivity index (χ2v) is 4.06. The second-order valence-electron chi connectivity index (χ2n) is 4.06. The van der Waals surface area contributed by atoms with E-state index in [0.717, 1.165) is 12.1 Å². The van der Waals surface area contributed by atoms with Crippen molar-refractivity contribution in [3.05, 3.63) is 34.9 Å². The Balaban J connectivity index is 2.52. The minimum Gasteiger partial charge on any atom is -0.355 e. The van der Waals surface area contributed by atoms with Gasteiger partial charge in [0.05, 0.1) is 6.42 Å². The number of amides is 1. The Kier molecular flexibility index (Phi) is 4.99. The normalized spacial score (nSPS) is 10.2. The number of hydrogen-bond acceptors (Lipinski definition) is 2. The first-order valence-electron chi connectivity index (χ1n) is 5.61. The maximum atomic E-state index is 11.6. The molecular weight excluding hydrogens is 200 g/mol. The molecule has 0 aliphatic carbocycles. The molecule has 1 aromatic carbocycles. The van der Waals surface area contributed by atoms with Crippen molar-refractivity contribution in [1.82, 2.24) is 10.6 Å². The Labute approximate surface area is 97.2 Å². The summed E-state index contributed by atoms with van der Waals surface area (Å²) in [5.74, 6) is 0.0870. The van der Waals surface area contributed by atoms with Crippen LogP contribution in [0.5, 0.6) is 0 Å². The number of nitrogens with one attached hydrogen (secondary N) is 2. The van der Waals surface area contributed by atoms with E-state index in [4.69, 9.17) is 0 Å². The molecule has 3 nitrogen and oxygen atoms in total. The van der Waals surface area contributed by atoms with E-state index >= 15 is 0 Å². The molecule has 0 unspecified atom stereocenters. The van der Waals surface area contributed by atoms with Gasteiger partial charge in [-0.15, -0.1) is 0 Å². The van der Waals surface area contributed by atoms with Crippen LogP contribution in [0.25, 0.3) is 0 Å². The van der Waals surface area contributed by atoms with E-state index in [1.54, 1.807) is 0 Å². The van der Waals surface area contributed by atoms with Gasteiger partial charge in [-0.3, -0.25) is 4.79 Å². The van der Waals surface area contributed by atoms with Gasteiger partial charge in [0.15, 0.2) is 0 Å². The topological polar surface area (TPSA) is 41.1 Å². The Morgan fingerprint density at radius 1 is 1.25 bits per heavy atom. The highest BCUT2D eigenvalue weighted by Gasteiger charge is 2.05. The fourth-order valence-corrected chi connectivity index (χ4v) is 1.55. The van der Waals surface area contributed by atoms with Crippen molar-refractivity contribution in [2.45, 2.75) is 20.3 Å². The second kappa shape index (κ2) is 6.28. The van der Waals surface area contributed by atoms with Gasteiger partial charge in [-0.2, -0.15) is 0 Å². The Morgan fingerprint density at radius 3 is 2.69 bits per heavy atom. The molecular formula is C13H20N2O. The summed E-state index contributed by atoms with van der Waals surface area (Å²) in [6.45, 7) is 5.57. The van der Waals surface area contributed by atoms with Crippen molar-refractivity contribution >= 4 is 5.91 Å². The van der Waals surface area contributed by atoms with Crippen LogP contribution in [-0.2, 0) is 11.2 Å². The van der Waals surface area contributed by atoms with Gasteiger partial charge in [-0.1, -0.05) is 23.8 Å². The van der Waals surface area contributed by atoms with Crippen molar-refractivity contribution in [3.63, 3.8) is 0 Å².